The quantitative estimate of drug-likeness (QED) is 0.629. The maximum Gasteiger partial charge on any atom is 0.162 e. The highest BCUT2D eigenvalue weighted by atomic mass is 35.5. The first kappa shape index (κ1) is 14.3. The van der Waals surface area contributed by atoms with E-state index in [0.717, 1.165) is 0 Å². The van der Waals surface area contributed by atoms with Gasteiger partial charge in [-0.25, -0.2) is 0 Å². The van der Waals surface area contributed by atoms with Gasteiger partial charge in [-0.15, -0.1) is 0 Å². The summed E-state index contributed by atoms with van der Waals surface area (Å²) >= 11 is 11.5. The topological polar surface area (TPSA) is 43.1 Å². The van der Waals surface area contributed by atoms with Crippen molar-refractivity contribution in [3.8, 4) is 0 Å². The lowest BCUT2D eigenvalue weighted by molar-refractivity contribution is 0.0988. The van der Waals surface area contributed by atoms with Crippen LogP contribution in [0, 0.1) is 0 Å². The molecule has 0 bridgehead atoms. The van der Waals surface area contributed by atoms with E-state index in [2.05, 4.69) is 0 Å². The molecule has 0 atom stereocenters. The van der Waals surface area contributed by atoms with E-state index in [1.807, 2.05) is 13.8 Å². The number of anilines is 1. The maximum atomic E-state index is 11.3. The van der Waals surface area contributed by atoms with Crippen molar-refractivity contribution < 1.29 is 4.79 Å². The van der Waals surface area contributed by atoms with Crippen LogP contribution in [0.15, 0.2) is 12.1 Å². The Labute approximate surface area is 100 Å². The van der Waals surface area contributed by atoms with E-state index in [1.54, 1.807) is 6.92 Å². The molecule has 84 valence electrons. The van der Waals surface area contributed by atoms with Crippen LogP contribution < -0.4 is 5.73 Å². The number of Topliss-reactive ketones (excluding diaryl/α,β-unsaturated/α-hetero) is 1. The Morgan fingerprint density at radius 2 is 1.67 bits per heavy atom. The number of benzene rings is 1. The number of carbonyl (C=O) groups excluding carboxylic acids is 1. The smallest absolute Gasteiger partial charge is 0.162 e. The molecule has 0 saturated heterocycles. The fourth-order valence-electron chi connectivity index (χ4n) is 0.949. The van der Waals surface area contributed by atoms with Crippen molar-refractivity contribution in [2.24, 2.45) is 0 Å². The second-order valence-electron chi connectivity index (χ2n) is 2.63. The van der Waals surface area contributed by atoms with Crippen molar-refractivity contribution in [3.05, 3.63) is 27.7 Å². The highest BCUT2D eigenvalue weighted by molar-refractivity contribution is 6.39. The standard InChI is InChI=1S/C9H9Cl2NO.C2H6/c1-2-8(13)5-3-6(10)9(12)7(11)4-5;1-2/h3-4H,2,12H2,1H3;1-2H3. The van der Waals surface area contributed by atoms with E-state index in [1.165, 1.54) is 12.1 Å². The predicted octanol–water partition coefficient (Wildman–Crippen LogP) is 4.19. The molecule has 0 aliphatic rings. The molecule has 2 nitrogen and oxygen atoms in total. The lowest BCUT2D eigenvalue weighted by Crippen LogP contribution is -1.98. The van der Waals surface area contributed by atoms with E-state index < -0.39 is 0 Å². The Bertz CT molecular complexity index is 327. The van der Waals surface area contributed by atoms with Crippen LogP contribution in [0.2, 0.25) is 10.0 Å². The van der Waals surface area contributed by atoms with Gasteiger partial charge in [-0.05, 0) is 12.1 Å². The minimum Gasteiger partial charge on any atom is -0.396 e. The number of nitrogen functional groups attached to an aromatic ring is 1. The zero-order valence-corrected chi connectivity index (χ0v) is 10.6. The molecule has 0 spiro atoms. The minimum atomic E-state index is 0.00352. The predicted molar refractivity (Wildman–Crippen MR) is 66.8 cm³/mol. The largest absolute Gasteiger partial charge is 0.396 e. The number of carbonyl (C=O) groups is 1. The third kappa shape index (κ3) is 3.73. The third-order valence-electron chi connectivity index (χ3n) is 1.72. The molecule has 0 saturated carbocycles. The molecule has 0 amide bonds. The first-order chi connectivity index (χ1) is 7.06. The normalized spacial score (nSPS) is 9.13. The first-order valence-electron chi connectivity index (χ1n) is 4.84. The summed E-state index contributed by atoms with van der Waals surface area (Å²) in [6, 6.07) is 3.07. The highest BCUT2D eigenvalue weighted by Gasteiger charge is 2.09. The van der Waals surface area contributed by atoms with Gasteiger partial charge >= 0.3 is 0 Å². The van der Waals surface area contributed by atoms with Crippen molar-refractivity contribution >= 4 is 34.7 Å². The maximum absolute atomic E-state index is 11.3. The van der Waals surface area contributed by atoms with Gasteiger partial charge in [-0.3, -0.25) is 4.79 Å². The molecule has 0 aliphatic carbocycles. The number of halogens is 2. The highest BCUT2D eigenvalue weighted by Crippen LogP contribution is 2.29. The molecule has 0 unspecified atom stereocenters. The molecular weight excluding hydrogens is 233 g/mol. The van der Waals surface area contributed by atoms with Crippen LogP contribution >= 0.6 is 23.2 Å². The Hall–Kier alpha value is -0.730. The van der Waals surface area contributed by atoms with Crippen molar-refractivity contribution in [2.45, 2.75) is 27.2 Å². The SMILES string of the molecule is CC.CCC(=O)c1cc(Cl)c(N)c(Cl)c1. The summed E-state index contributed by atoms with van der Waals surface area (Å²) in [5.41, 5.74) is 6.34. The molecule has 0 aromatic heterocycles. The fraction of sp³-hybridized carbons (Fsp3) is 0.364. The molecule has 1 rings (SSSR count). The zero-order valence-electron chi connectivity index (χ0n) is 9.10. The molecule has 15 heavy (non-hydrogen) atoms. The summed E-state index contributed by atoms with van der Waals surface area (Å²) in [6.07, 6.45) is 0.427. The Morgan fingerprint density at radius 3 is 2.00 bits per heavy atom. The molecule has 0 aliphatic heterocycles. The Kier molecular flexibility index (Phi) is 6.37. The molecule has 4 heteroatoms. The minimum absolute atomic E-state index is 0.00352. The van der Waals surface area contributed by atoms with Crippen LogP contribution in [0.25, 0.3) is 0 Å². The molecule has 0 heterocycles. The van der Waals surface area contributed by atoms with Crippen molar-refractivity contribution in [1.82, 2.24) is 0 Å². The molecular formula is C11H15Cl2NO. The summed E-state index contributed by atoms with van der Waals surface area (Å²) in [5.74, 6) is 0.00352. The van der Waals surface area contributed by atoms with Crippen LogP contribution in [0.4, 0.5) is 5.69 Å². The van der Waals surface area contributed by atoms with Crippen LogP contribution in [0.1, 0.15) is 37.6 Å². The van der Waals surface area contributed by atoms with Gasteiger partial charge in [-0.2, -0.15) is 0 Å². The molecule has 0 radical (unpaired) electrons. The summed E-state index contributed by atoms with van der Waals surface area (Å²) < 4.78 is 0. The first-order valence-corrected chi connectivity index (χ1v) is 5.59. The molecule has 1 aromatic rings. The Morgan fingerprint density at radius 1 is 1.27 bits per heavy atom. The molecule has 2 N–H and O–H groups in total. The van der Waals surface area contributed by atoms with E-state index >= 15 is 0 Å². The summed E-state index contributed by atoms with van der Waals surface area (Å²) in [7, 11) is 0. The van der Waals surface area contributed by atoms with Crippen LogP contribution in [0.5, 0.6) is 0 Å². The third-order valence-corrected chi connectivity index (χ3v) is 2.35. The molecule has 0 fully saturated rings. The average molecular weight is 248 g/mol. The van der Waals surface area contributed by atoms with Crippen LogP contribution in [0.3, 0.4) is 0 Å². The van der Waals surface area contributed by atoms with Gasteiger partial charge in [0.2, 0.25) is 0 Å². The second kappa shape index (κ2) is 6.70. The number of rotatable bonds is 2. The van der Waals surface area contributed by atoms with Gasteiger partial charge in [0.1, 0.15) is 0 Å². The van der Waals surface area contributed by atoms with E-state index in [4.69, 9.17) is 28.9 Å². The van der Waals surface area contributed by atoms with Crippen LogP contribution in [-0.2, 0) is 0 Å². The summed E-state index contributed by atoms with van der Waals surface area (Å²) in [6.45, 7) is 5.78. The monoisotopic (exact) mass is 247 g/mol. The van der Waals surface area contributed by atoms with E-state index in [0.29, 0.717) is 27.7 Å². The number of ketones is 1. The number of hydrogen-bond donors (Lipinski definition) is 1. The fourth-order valence-corrected chi connectivity index (χ4v) is 1.44. The van der Waals surface area contributed by atoms with Crippen LogP contribution in [-0.4, -0.2) is 5.78 Å². The van der Waals surface area contributed by atoms with Gasteiger partial charge in [0.25, 0.3) is 0 Å². The lowest BCUT2D eigenvalue weighted by atomic mass is 10.1. The van der Waals surface area contributed by atoms with E-state index in [9.17, 15) is 4.79 Å². The van der Waals surface area contributed by atoms with Gasteiger partial charge in [0, 0.05) is 12.0 Å². The van der Waals surface area contributed by atoms with Gasteiger partial charge in [0.15, 0.2) is 5.78 Å². The summed E-state index contributed by atoms with van der Waals surface area (Å²) in [4.78, 5) is 11.3. The van der Waals surface area contributed by atoms with Crippen molar-refractivity contribution in [3.63, 3.8) is 0 Å². The average Bonchev–Trinajstić information content (AvgIpc) is 2.26. The summed E-state index contributed by atoms with van der Waals surface area (Å²) in [5, 5.41) is 0.647. The van der Waals surface area contributed by atoms with Gasteiger partial charge in [-0.1, -0.05) is 44.0 Å². The van der Waals surface area contributed by atoms with Crippen molar-refractivity contribution in [1.29, 1.82) is 0 Å². The lowest BCUT2D eigenvalue weighted by Gasteiger charge is -2.04. The van der Waals surface area contributed by atoms with Gasteiger partial charge in [0.05, 0.1) is 15.7 Å². The van der Waals surface area contributed by atoms with Gasteiger partial charge < -0.3 is 5.73 Å². The van der Waals surface area contributed by atoms with E-state index in [-0.39, 0.29) is 5.78 Å². The molecule has 1 aromatic carbocycles. The van der Waals surface area contributed by atoms with Crippen molar-refractivity contribution in [2.75, 3.05) is 5.73 Å². The second-order valence-corrected chi connectivity index (χ2v) is 3.44. The number of hydrogen-bond acceptors (Lipinski definition) is 2. The number of nitrogens with two attached hydrogens (primary N) is 1. The zero-order chi connectivity index (χ0) is 12.0. The Balaban J connectivity index is 0.000000921.